The molecule has 5 heteroatoms. The van der Waals surface area contributed by atoms with Crippen LogP contribution in [0.15, 0.2) is 24.3 Å². The number of hydrogen-bond donors (Lipinski definition) is 1. The first-order valence-electron chi connectivity index (χ1n) is 6.86. The first-order chi connectivity index (χ1) is 9.85. The smallest absolute Gasteiger partial charge is 0.408 e. The van der Waals surface area contributed by atoms with Gasteiger partial charge in [0, 0.05) is 6.42 Å². The van der Waals surface area contributed by atoms with Gasteiger partial charge in [-0.2, -0.15) is 5.26 Å². The van der Waals surface area contributed by atoms with Crippen LogP contribution in [0.25, 0.3) is 0 Å². The van der Waals surface area contributed by atoms with Crippen molar-refractivity contribution in [2.75, 3.05) is 7.11 Å². The maximum atomic E-state index is 11.9. The molecule has 1 rings (SSSR count). The molecule has 0 heterocycles. The van der Waals surface area contributed by atoms with Gasteiger partial charge in [-0.05, 0) is 44.9 Å². The standard InChI is InChI=1S/C16H22N2O3/c1-16(2,3)21-15(19)18-14(6-5-11-17)12-7-9-13(20-4)10-8-12/h7-10,14H,5-6H2,1-4H3,(H,18,19). The summed E-state index contributed by atoms with van der Waals surface area (Å²) in [6, 6.07) is 9.23. The van der Waals surface area contributed by atoms with E-state index in [-0.39, 0.29) is 6.04 Å². The van der Waals surface area contributed by atoms with Crippen LogP contribution >= 0.6 is 0 Å². The molecule has 0 aliphatic rings. The quantitative estimate of drug-likeness (QED) is 0.900. The van der Waals surface area contributed by atoms with E-state index < -0.39 is 11.7 Å². The lowest BCUT2D eigenvalue weighted by atomic mass is 10.0. The Morgan fingerprint density at radius 3 is 2.43 bits per heavy atom. The zero-order chi connectivity index (χ0) is 15.9. The molecule has 0 fully saturated rings. The highest BCUT2D eigenvalue weighted by molar-refractivity contribution is 5.68. The van der Waals surface area contributed by atoms with Crippen molar-refractivity contribution in [1.82, 2.24) is 5.32 Å². The number of nitrogens with zero attached hydrogens (tertiary/aromatic N) is 1. The van der Waals surface area contributed by atoms with E-state index >= 15 is 0 Å². The number of amides is 1. The molecule has 0 aromatic heterocycles. The molecule has 0 bridgehead atoms. The summed E-state index contributed by atoms with van der Waals surface area (Å²) < 4.78 is 10.4. The van der Waals surface area contributed by atoms with E-state index in [4.69, 9.17) is 14.7 Å². The Labute approximate surface area is 125 Å². The van der Waals surface area contributed by atoms with Gasteiger partial charge in [0.15, 0.2) is 0 Å². The average molecular weight is 290 g/mol. The van der Waals surface area contributed by atoms with Crippen LogP contribution in [0.3, 0.4) is 0 Å². The van der Waals surface area contributed by atoms with Crippen molar-refractivity contribution in [2.24, 2.45) is 0 Å². The number of hydrogen-bond acceptors (Lipinski definition) is 4. The largest absolute Gasteiger partial charge is 0.497 e. The van der Waals surface area contributed by atoms with E-state index in [0.29, 0.717) is 12.8 Å². The number of nitrogens with one attached hydrogen (secondary N) is 1. The fourth-order valence-electron chi connectivity index (χ4n) is 1.82. The van der Waals surface area contributed by atoms with Crippen molar-refractivity contribution in [2.45, 2.75) is 45.3 Å². The molecule has 0 spiro atoms. The maximum absolute atomic E-state index is 11.9. The Kier molecular flexibility index (Phi) is 6.04. The third-order valence-electron chi connectivity index (χ3n) is 2.75. The number of carbonyl (C=O) groups is 1. The minimum Gasteiger partial charge on any atom is -0.497 e. The topological polar surface area (TPSA) is 71.3 Å². The normalized spacial score (nSPS) is 12.1. The second kappa shape index (κ2) is 7.53. The highest BCUT2D eigenvalue weighted by Crippen LogP contribution is 2.22. The Morgan fingerprint density at radius 2 is 1.95 bits per heavy atom. The predicted molar refractivity (Wildman–Crippen MR) is 80.0 cm³/mol. The van der Waals surface area contributed by atoms with Gasteiger partial charge in [0.1, 0.15) is 11.4 Å². The van der Waals surface area contributed by atoms with Gasteiger partial charge >= 0.3 is 6.09 Å². The van der Waals surface area contributed by atoms with Gasteiger partial charge in [0.25, 0.3) is 0 Å². The van der Waals surface area contributed by atoms with Crippen molar-refractivity contribution < 1.29 is 14.3 Å². The summed E-state index contributed by atoms with van der Waals surface area (Å²) in [4.78, 5) is 11.9. The summed E-state index contributed by atoms with van der Waals surface area (Å²) in [5, 5.41) is 11.6. The van der Waals surface area contributed by atoms with Crippen LogP contribution in [-0.4, -0.2) is 18.8 Å². The second-order valence-corrected chi connectivity index (χ2v) is 5.67. The van der Waals surface area contributed by atoms with E-state index in [0.717, 1.165) is 11.3 Å². The number of ether oxygens (including phenoxy) is 2. The molecule has 1 amide bonds. The third-order valence-corrected chi connectivity index (χ3v) is 2.75. The number of methoxy groups -OCH3 is 1. The Balaban J connectivity index is 2.79. The minimum atomic E-state index is -0.552. The monoisotopic (exact) mass is 290 g/mol. The molecule has 1 aromatic rings. The van der Waals surface area contributed by atoms with Crippen LogP contribution in [0.4, 0.5) is 4.79 Å². The van der Waals surface area contributed by atoms with E-state index in [1.807, 2.05) is 45.0 Å². The average Bonchev–Trinajstić information content (AvgIpc) is 2.41. The van der Waals surface area contributed by atoms with Crippen LogP contribution in [-0.2, 0) is 4.74 Å². The third kappa shape index (κ3) is 6.17. The predicted octanol–water partition coefficient (Wildman–Crippen LogP) is 3.56. The highest BCUT2D eigenvalue weighted by Gasteiger charge is 2.20. The molecule has 0 saturated carbocycles. The molecule has 0 aliphatic carbocycles. The van der Waals surface area contributed by atoms with Crippen molar-refractivity contribution in [3.8, 4) is 11.8 Å². The van der Waals surface area contributed by atoms with Gasteiger partial charge in [-0.15, -0.1) is 0 Å². The van der Waals surface area contributed by atoms with Gasteiger partial charge in [0.05, 0.1) is 19.2 Å². The molecular formula is C16H22N2O3. The van der Waals surface area contributed by atoms with Crippen molar-refractivity contribution in [1.29, 1.82) is 5.26 Å². The van der Waals surface area contributed by atoms with E-state index in [9.17, 15) is 4.79 Å². The molecule has 0 aliphatic heterocycles. The lowest BCUT2D eigenvalue weighted by Crippen LogP contribution is -2.35. The summed E-state index contributed by atoms with van der Waals surface area (Å²) in [5.74, 6) is 0.745. The molecular weight excluding hydrogens is 268 g/mol. The van der Waals surface area contributed by atoms with E-state index in [1.54, 1.807) is 7.11 Å². The van der Waals surface area contributed by atoms with Crippen LogP contribution < -0.4 is 10.1 Å². The zero-order valence-electron chi connectivity index (χ0n) is 13.0. The van der Waals surface area contributed by atoms with Gasteiger partial charge in [0.2, 0.25) is 0 Å². The summed E-state index contributed by atoms with van der Waals surface area (Å²) in [6.45, 7) is 5.43. The van der Waals surface area contributed by atoms with Crippen molar-refractivity contribution in [3.05, 3.63) is 29.8 Å². The van der Waals surface area contributed by atoms with Gasteiger partial charge in [-0.25, -0.2) is 4.79 Å². The van der Waals surface area contributed by atoms with E-state index in [1.165, 1.54) is 0 Å². The maximum Gasteiger partial charge on any atom is 0.408 e. The van der Waals surface area contributed by atoms with Gasteiger partial charge < -0.3 is 14.8 Å². The van der Waals surface area contributed by atoms with Gasteiger partial charge in [-0.3, -0.25) is 0 Å². The van der Waals surface area contributed by atoms with E-state index in [2.05, 4.69) is 11.4 Å². The Bertz CT molecular complexity index is 498. The summed E-state index contributed by atoms with van der Waals surface area (Å²) in [5.41, 5.74) is 0.362. The van der Waals surface area contributed by atoms with Crippen LogP contribution in [0.5, 0.6) is 5.75 Å². The molecule has 1 aromatic carbocycles. The van der Waals surface area contributed by atoms with Crippen molar-refractivity contribution >= 4 is 6.09 Å². The molecule has 114 valence electrons. The molecule has 21 heavy (non-hydrogen) atoms. The highest BCUT2D eigenvalue weighted by atomic mass is 16.6. The first kappa shape index (κ1) is 16.8. The Morgan fingerprint density at radius 1 is 1.33 bits per heavy atom. The lowest BCUT2D eigenvalue weighted by molar-refractivity contribution is 0.0501. The van der Waals surface area contributed by atoms with Gasteiger partial charge in [-0.1, -0.05) is 12.1 Å². The minimum absolute atomic E-state index is 0.259. The van der Waals surface area contributed by atoms with Crippen molar-refractivity contribution in [3.63, 3.8) is 0 Å². The Hall–Kier alpha value is -2.22. The number of rotatable bonds is 5. The number of carbonyl (C=O) groups excluding carboxylic acids is 1. The molecule has 0 radical (unpaired) electrons. The van der Waals surface area contributed by atoms with Crippen LogP contribution in [0, 0.1) is 11.3 Å². The van der Waals surface area contributed by atoms with Crippen LogP contribution in [0.2, 0.25) is 0 Å². The molecule has 1 atom stereocenters. The SMILES string of the molecule is COc1ccc(C(CCC#N)NC(=O)OC(C)(C)C)cc1. The number of nitriles is 1. The summed E-state index contributed by atoms with van der Waals surface area (Å²) in [6.07, 6.45) is 0.399. The summed E-state index contributed by atoms with van der Waals surface area (Å²) >= 11 is 0. The molecule has 1 N–H and O–H groups in total. The number of alkyl carbamates (subject to hydrolysis) is 1. The first-order valence-corrected chi connectivity index (χ1v) is 6.86. The fourth-order valence-corrected chi connectivity index (χ4v) is 1.82. The molecule has 0 saturated heterocycles. The zero-order valence-corrected chi connectivity index (χ0v) is 13.0. The fraction of sp³-hybridized carbons (Fsp3) is 0.500. The number of benzene rings is 1. The van der Waals surface area contributed by atoms with Crippen LogP contribution in [0.1, 0.15) is 45.2 Å². The second-order valence-electron chi connectivity index (χ2n) is 5.67. The summed E-state index contributed by atoms with van der Waals surface area (Å²) in [7, 11) is 1.60. The molecule has 1 unspecified atom stereocenters. The molecule has 5 nitrogen and oxygen atoms in total. The lowest BCUT2D eigenvalue weighted by Gasteiger charge is -2.23.